The van der Waals surface area contributed by atoms with E-state index in [1.807, 2.05) is 6.08 Å². The van der Waals surface area contributed by atoms with Crippen LogP contribution in [0, 0.1) is 15.9 Å². The Labute approximate surface area is 147 Å². The molecular formula is C15H22Cl2FN3O2. The van der Waals surface area contributed by atoms with Gasteiger partial charge in [0.2, 0.25) is 0 Å². The van der Waals surface area contributed by atoms with Crippen molar-refractivity contribution in [2.45, 2.75) is 18.9 Å². The lowest BCUT2D eigenvalue weighted by atomic mass is 9.97. The SMILES string of the molecule is C=CCC[C@@H](c1ccc(F)cc1[N+](=O)[O-])N1CCNCC1.Cl.Cl. The van der Waals surface area contributed by atoms with E-state index in [4.69, 9.17) is 0 Å². The maximum atomic E-state index is 13.3. The molecular weight excluding hydrogens is 344 g/mol. The van der Waals surface area contributed by atoms with Crippen molar-refractivity contribution in [3.05, 3.63) is 52.3 Å². The first-order chi connectivity index (χ1) is 10.1. The highest BCUT2D eigenvalue weighted by Crippen LogP contribution is 2.33. The number of allylic oxidation sites excluding steroid dienone is 1. The quantitative estimate of drug-likeness (QED) is 0.476. The van der Waals surface area contributed by atoms with Crippen molar-refractivity contribution in [2.24, 2.45) is 0 Å². The predicted molar refractivity (Wildman–Crippen MR) is 94.2 cm³/mol. The fraction of sp³-hybridized carbons (Fsp3) is 0.467. The molecule has 1 aliphatic heterocycles. The van der Waals surface area contributed by atoms with Gasteiger partial charge in [0, 0.05) is 37.8 Å². The molecule has 1 N–H and O–H groups in total. The summed E-state index contributed by atoms with van der Waals surface area (Å²) in [6, 6.07) is 3.78. The van der Waals surface area contributed by atoms with Gasteiger partial charge < -0.3 is 5.32 Å². The molecule has 130 valence electrons. The van der Waals surface area contributed by atoms with E-state index in [0.717, 1.165) is 45.1 Å². The first kappa shape index (κ1) is 21.8. The number of nitrogens with one attached hydrogen (secondary N) is 1. The van der Waals surface area contributed by atoms with Crippen LogP contribution in [0.15, 0.2) is 30.9 Å². The van der Waals surface area contributed by atoms with E-state index in [2.05, 4.69) is 16.8 Å². The van der Waals surface area contributed by atoms with Crippen LogP contribution in [0.1, 0.15) is 24.4 Å². The number of piperazine rings is 1. The van der Waals surface area contributed by atoms with Gasteiger partial charge in [-0.05, 0) is 25.0 Å². The van der Waals surface area contributed by atoms with Gasteiger partial charge in [-0.25, -0.2) is 4.39 Å². The number of hydrogen-bond donors (Lipinski definition) is 1. The number of benzene rings is 1. The Morgan fingerprint density at radius 1 is 1.39 bits per heavy atom. The summed E-state index contributed by atoms with van der Waals surface area (Å²) in [6.45, 7) is 7.10. The summed E-state index contributed by atoms with van der Waals surface area (Å²) >= 11 is 0. The summed E-state index contributed by atoms with van der Waals surface area (Å²) < 4.78 is 13.3. The van der Waals surface area contributed by atoms with Crippen molar-refractivity contribution < 1.29 is 9.31 Å². The summed E-state index contributed by atoms with van der Waals surface area (Å²) in [4.78, 5) is 12.9. The van der Waals surface area contributed by atoms with Gasteiger partial charge in [-0.1, -0.05) is 6.08 Å². The third-order valence-electron chi connectivity index (χ3n) is 3.78. The third kappa shape index (κ3) is 5.73. The minimum atomic E-state index is -0.576. The molecule has 23 heavy (non-hydrogen) atoms. The summed E-state index contributed by atoms with van der Waals surface area (Å²) in [5.74, 6) is -0.576. The fourth-order valence-corrected chi connectivity index (χ4v) is 2.76. The van der Waals surface area contributed by atoms with Gasteiger partial charge >= 0.3 is 0 Å². The normalized spacial score (nSPS) is 15.9. The van der Waals surface area contributed by atoms with Crippen LogP contribution in [0.3, 0.4) is 0 Å². The van der Waals surface area contributed by atoms with Crippen molar-refractivity contribution in [3.8, 4) is 0 Å². The van der Waals surface area contributed by atoms with Gasteiger partial charge in [0.25, 0.3) is 5.69 Å². The summed E-state index contributed by atoms with van der Waals surface area (Å²) in [5, 5.41) is 14.5. The van der Waals surface area contributed by atoms with Crippen LogP contribution >= 0.6 is 24.8 Å². The molecule has 0 aliphatic carbocycles. The topological polar surface area (TPSA) is 58.4 Å². The van der Waals surface area contributed by atoms with E-state index in [1.165, 1.54) is 6.07 Å². The van der Waals surface area contributed by atoms with Crippen molar-refractivity contribution in [1.29, 1.82) is 0 Å². The predicted octanol–water partition coefficient (Wildman–Crippen LogP) is 3.49. The average Bonchev–Trinajstić information content (AvgIpc) is 2.49. The Kier molecular flexibility index (Phi) is 9.99. The van der Waals surface area contributed by atoms with Crippen LogP contribution < -0.4 is 5.32 Å². The number of nitro benzene ring substituents is 1. The van der Waals surface area contributed by atoms with Gasteiger partial charge in [0.1, 0.15) is 5.82 Å². The summed E-state index contributed by atoms with van der Waals surface area (Å²) in [6.07, 6.45) is 3.32. The van der Waals surface area contributed by atoms with Crippen molar-refractivity contribution in [2.75, 3.05) is 26.2 Å². The van der Waals surface area contributed by atoms with Crippen molar-refractivity contribution >= 4 is 30.5 Å². The highest BCUT2D eigenvalue weighted by molar-refractivity contribution is 5.85. The molecule has 0 amide bonds. The largest absolute Gasteiger partial charge is 0.314 e. The monoisotopic (exact) mass is 365 g/mol. The number of rotatable bonds is 6. The molecule has 0 saturated carbocycles. The smallest absolute Gasteiger partial charge is 0.277 e. The third-order valence-corrected chi connectivity index (χ3v) is 3.78. The molecule has 1 atom stereocenters. The van der Waals surface area contributed by atoms with E-state index in [9.17, 15) is 14.5 Å². The molecule has 2 rings (SSSR count). The molecule has 1 heterocycles. The van der Waals surface area contributed by atoms with Gasteiger partial charge in [-0.3, -0.25) is 15.0 Å². The van der Waals surface area contributed by atoms with Crippen LogP contribution in [0.4, 0.5) is 10.1 Å². The molecule has 0 unspecified atom stereocenters. The Bertz CT molecular complexity index is 525. The zero-order valence-electron chi connectivity index (χ0n) is 12.7. The first-order valence-corrected chi connectivity index (χ1v) is 7.13. The Hall–Kier alpha value is -1.21. The van der Waals surface area contributed by atoms with E-state index in [1.54, 1.807) is 6.07 Å². The number of nitrogens with zero attached hydrogens (tertiary/aromatic N) is 2. The number of hydrogen-bond acceptors (Lipinski definition) is 4. The second-order valence-corrected chi connectivity index (χ2v) is 5.13. The molecule has 8 heteroatoms. The summed E-state index contributed by atoms with van der Waals surface area (Å²) in [7, 11) is 0. The maximum absolute atomic E-state index is 13.3. The molecule has 5 nitrogen and oxygen atoms in total. The van der Waals surface area contributed by atoms with Gasteiger partial charge in [-0.15, -0.1) is 31.4 Å². The van der Waals surface area contributed by atoms with Crippen LogP contribution in [0.25, 0.3) is 0 Å². The second-order valence-electron chi connectivity index (χ2n) is 5.13. The molecule has 1 aliphatic rings. The number of nitro groups is 1. The molecule has 0 spiro atoms. The van der Waals surface area contributed by atoms with E-state index in [-0.39, 0.29) is 36.5 Å². The van der Waals surface area contributed by atoms with E-state index >= 15 is 0 Å². The van der Waals surface area contributed by atoms with Crippen LogP contribution in [0.2, 0.25) is 0 Å². The van der Waals surface area contributed by atoms with Crippen LogP contribution in [-0.4, -0.2) is 36.0 Å². The van der Waals surface area contributed by atoms with E-state index in [0.29, 0.717) is 5.56 Å². The Balaban J connectivity index is 0.00000242. The van der Waals surface area contributed by atoms with Crippen molar-refractivity contribution in [3.63, 3.8) is 0 Å². The summed E-state index contributed by atoms with van der Waals surface area (Å²) in [5.41, 5.74) is 0.452. The first-order valence-electron chi connectivity index (χ1n) is 7.13. The standard InChI is InChI=1S/C15H20FN3O2.2ClH/c1-2-3-4-14(18-9-7-17-8-10-18)13-6-5-12(16)11-15(13)19(20)21;;/h2,5-6,11,14,17H,1,3-4,7-10H2;2*1H/t14-;;/m0../s1. The molecule has 1 saturated heterocycles. The molecule has 1 fully saturated rings. The average molecular weight is 366 g/mol. The zero-order valence-corrected chi connectivity index (χ0v) is 14.4. The van der Waals surface area contributed by atoms with Crippen molar-refractivity contribution in [1.82, 2.24) is 10.2 Å². The minimum absolute atomic E-state index is 0. The molecule has 0 aromatic heterocycles. The van der Waals surface area contributed by atoms with Gasteiger partial charge in [0.15, 0.2) is 0 Å². The maximum Gasteiger partial charge on any atom is 0.277 e. The highest BCUT2D eigenvalue weighted by atomic mass is 35.5. The Morgan fingerprint density at radius 2 is 2.04 bits per heavy atom. The molecule has 0 bridgehead atoms. The minimum Gasteiger partial charge on any atom is -0.314 e. The van der Waals surface area contributed by atoms with Gasteiger partial charge in [-0.2, -0.15) is 0 Å². The molecule has 1 aromatic rings. The molecule has 1 aromatic carbocycles. The lowest BCUT2D eigenvalue weighted by molar-refractivity contribution is -0.386. The Morgan fingerprint density at radius 3 is 2.61 bits per heavy atom. The zero-order chi connectivity index (χ0) is 15.2. The van der Waals surface area contributed by atoms with E-state index < -0.39 is 10.7 Å². The fourth-order valence-electron chi connectivity index (χ4n) is 2.76. The van der Waals surface area contributed by atoms with Gasteiger partial charge in [0.05, 0.1) is 11.0 Å². The highest BCUT2D eigenvalue weighted by Gasteiger charge is 2.28. The van der Waals surface area contributed by atoms with Crippen LogP contribution in [-0.2, 0) is 0 Å². The second kappa shape index (κ2) is 10.5. The lowest BCUT2D eigenvalue weighted by Crippen LogP contribution is -2.45. The lowest BCUT2D eigenvalue weighted by Gasteiger charge is -2.35. The molecule has 0 radical (unpaired) electrons. The number of halogens is 3. The van der Waals surface area contributed by atoms with Crippen LogP contribution in [0.5, 0.6) is 0 Å².